The van der Waals surface area contributed by atoms with Gasteiger partial charge in [-0.15, -0.1) is 0 Å². The summed E-state index contributed by atoms with van der Waals surface area (Å²) in [5.41, 5.74) is 9.02. The maximum atomic E-state index is 6.51. The summed E-state index contributed by atoms with van der Waals surface area (Å²) in [4.78, 5) is 0. The maximum Gasteiger partial charge on any atom is 0.0832 e. The highest BCUT2D eigenvalue weighted by Crippen LogP contribution is 2.33. The lowest BCUT2D eigenvalue weighted by atomic mass is 9.83. The quantitative estimate of drug-likeness (QED) is 0.840. The number of rotatable bonds is 4. The molecule has 1 fully saturated rings. The summed E-state index contributed by atoms with van der Waals surface area (Å²) >= 11 is 0. The Labute approximate surface area is 117 Å². The van der Waals surface area contributed by atoms with Crippen molar-refractivity contribution in [1.29, 1.82) is 0 Å². The lowest BCUT2D eigenvalue weighted by molar-refractivity contribution is -0.0430. The van der Waals surface area contributed by atoms with Gasteiger partial charge in [-0.25, -0.2) is 0 Å². The summed E-state index contributed by atoms with van der Waals surface area (Å²) in [5, 5.41) is 0. The molecule has 19 heavy (non-hydrogen) atoms. The van der Waals surface area contributed by atoms with Gasteiger partial charge in [0.2, 0.25) is 0 Å². The van der Waals surface area contributed by atoms with E-state index in [1.165, 1.54) is 36.8 Å². The molecule has 0 spiro atoms. The first kappa shape index (κ1) is 14.5. The lowest BCUT2D eigenvalue weighted by Gasteiger charge is -2.37. The molecule has 0 aromatic heterocycles. The van der Waals surface area contributed by atoms with E-state index >= 15 is 0 Å². The van der Waals surface area contributed by atoms with E-state index < -0.39 is 0 Å². The molecule has 1 unspecified atom stereocenters. The summed E-state index contributed by atoms with van der Waals surface area (Å²) < 4.78 is 5.89. The van der Waals surface area contributed by atoms with Gasteiger partial charge in [-0.1, -0.05) is 55.5 Å². The highest BCUT2D eigenvalue weighted by molar-refractivity contribution is 5.22. The molecule has 106 valence electrons. The van der Waals surface area contributed by atoms with Crippen molar-refractivity contribution in [2.24, 2.45) is 5.73 Å². The normalized spacial score (nSPS) is 20.8. The molecule has 0 bridgehead atoms. The van der Waals surface area contributed by atoms with E-state index in [-0.39, 0.29) is 11.6 Å². The molecule has 2 N–H and O–H groups in total. The van der Waals surface area contributed by atoms with Gasteiger partial charge in [-0.2, -0.15) is 0 Å². The van der Waals surface area contributed by atoms with E-state index in [0.29, 0.717) is 0 Å². The number of hydrogen-bond donors (Lipinski definition) is 1. The molecule has 0 saturated heterocycles. The van der Waals surface area contributed by atoms with Gasteiger partial charge in [0.1, 0.15) is 0 Å². The van der Waals surface area contributed by atoms with Crippen molar-refractivity contribution in [3.05, 3.63) is 35.4 Å². The fraction of sp³-hybridized carbons (Fsp3) is 0.647. The number of ether oxygens (including phenoxy) is 1. The lowest BCUT2D eigenvalue weighted by Crippen LogP contribution is -2.50. The van der Waals surface area contributed by atoms with Crippen LogP contribution in [0.3, 0.4) is 0 Å². The molecule has 2 rings (SSSR count). The zero-order valence-electron chi connectivity index (χ0n) is 12.3. The van der Waals surface area contributed by atoms with Gasteiger partial charge in [0.05, 0.1) is 5.60 Å². The van der Waals surface area contributed by atoms with Gasteiger partial charge in [0.25, 0.3) is 0 Å². The molecule has 1 atom stereocenters. The van der Waals surface area contributed by atoms with Crippen LogP contribution in [-0.4, -0.2) is 18.8 Å². The molecule has 2 nitrogen and oxygen atoms in total. The van der Waals surface area contributed by atoms with Gasteiger partial charge < -0.3 is 10.5 Å². The van der Waals surface area contributed by atoms with Crippen LogP contribution < -0.4 is 5.73 Å². The Kier molecular flexibility index (Phi) is 5.00. The summed E-state index contributed by atoms with van der Waals surface area (Å²) in [6.45, 7) is 2.12. The monoisotopic (exact) mass is 261 g/mol. The molecular formula is C17H27NO. The zero-order valence-corrected chi connectivity index (χ0v) is 12.3. The molecular weight excluding hydrogens is 234 g/mol. The average Bonchev–Trinajstić information content (AvgIpc) is 2.67. The Hall–Kier alpha value is -0.860. The minimum atomic E-state index is -0.110. The summed E-state index contributed by atoms with van der Waals surface area (Å²) in [6, 6.07) is 8.80. The van der Waals surface area contributed by atoms with E-state index in [2.05, 4.69) is 31.2 Å². The Morgan fingerprint density at radius 2 is 1.68 bits per heavy atom. The van der Waals surface area contributed by atoms with Crippen LogP contribution in [0.15, 0.2) is 24.3 Å². The van der Waals surface area contributed by atoms with Gasteiger partial charge in [-0.05, 0) is 31.7 Å². The van der Waals surface area contributed by atoms with Crippen LogP contribution in [0, 0.1) is 6.92 Å². The molecule has 0 radical (unpaired) electrons. The van der Waals surface area contributed by atoms with E-state index in [9.17, 15) is 0 Å². The van der Waals surface area contributed by atoms with Gasteiger partial charge in [0, 0.05) is 13.2 Å². The molecule has 0 aliphatic heterocycles. The van der Waals surface area contributed by atoms with Crippen LogP contribution in [0.5, 0.6) is 0 Å². The van der Waals surface area contributed by atoms with Crippen LogP contribution in [0.25, 0.3) is 0 Å². The summed E-state index contributed by atoms with van der Waals surface area (Å²) in [6.07, 6.45) is 8.26. The smallest absolute Gasteiger partial charge is 0.0832 e. The van der Waals surface area contributed by atoms with Crippen LogP contribution >= 0.6 is 0 Å². The second kappa shape index (κ2) is 6.53. The highest BCUT2D eigenvalue weighted by Gasteiger charge is 2.36. The van der Waals surface area contributed by atoms with Crippen molar-refractivity contribution in [1.82, 2.24) is 0 Å². The topological polar surface area (TPSA) is 35.2 Å². The first-order chi connectivity index (χ1) is 9.16. The Balaban J connectivity index is 2.07. The summed E-state index contributed by atoms with van der Waals surface area (Å²) in [7, 11) is 1.83. The third-order valence-corrected chi connectivity index (χ3v) is 4.61. The number of methoxy groups -OCH3 is 1. The predicted octanol–water partition coefficient (Wildman–Crippen LogP) is 3.60. The molecule has 1 aromatic rings. The molecule has 0 amide bonds. The number of hydrogen-bond acceptors (Lipinski definition) is 2. The minimum absolute atomic E-state index is 0.0957. The fourth-order valence-corrected chi connectivity index (χ4v) is 3.22. The number of aryl methyl sites for hydroxylation is 1. The number of nitrogens with two attached hydrogens (primary N) is 1. The minimum Gasteiger partial charge on any atom is -0.377 e. The maximum absolute atomic E-state index is 6.51. The first-order valence-corrected chi connectivity index (χ1v) is 7.52. The molecule has 1 aromatic carbocycles. The van der Waals surface area contributed by atoms with E-state index in [4.69, 9.17) is 10.5 Å². The molecule has 1 aliphatic rings. The van der Waals surface area contributed by atoms with Crippen LogP contribution in [0.4, 0.5) is 0 Å². The molecule has 1 saturated carbocycles. The van der Waals surface area contributed by atoms with Crippen molar-refractivity contribution < 1.29 is 4.74 Å². The third kappa shape index (κ3) is 3.58. The SMILES string of the molecule is COC1(C(N)Cc2ccc(C)cc2)CCCCCC1. The average molecular weight is 261 g/mol. The van der Waals surface area contributed by atoms with Crippen LogP contribution in [0.2, 0.25) is 0 Å². The Morgan fingerprint density at radius 1 is 1.11 bits per heavy atom. The van der Waals surface area contributed by atoms with E-state index in [1.54, 1.807) is 0 Å². The first-order valence-electron chi connectivity index (χ1n) is 7.52. The van der Waals surface area contributed by atoms with E-state index in [1.807, 2.05) is 7.11 Å². The summed E-state index contributed by atoms with van der Waals surface area (Å²) in [5.74, 6) is 0. The van der Waals surface area contributed by atoms with Crippen molar-refractivity contribution in [2.45, 2.75) is 63.5 Å². The van der Waals surface area contributed by atoms with Crippen molar-refractivity contribution in [2.75, 3.05) is 7.11 Å². The Bertz CT molecular complexity index is 377. The highest BCUT2D eigenvalue weighted by atomic mass is 16.5. The van der Waals surface area contributed by atoms with Crippen molar-refractivity contribution >= 4 is 0 Å². The van der Waals surface area contributed by atoms with Crippen LogP contribution in [0.1, 0.15) is 49.7 Å². The Morgan fingerprint density at radius 3 is 2.21 bits per heavy atom. The second-order valence-electron chi connectivity index (χ2n) is 5.98. The largest absolute Gasteiger partial charge is 0.377 e. The molecule has 1 aliphatic carbocycles. The zero-order chi connectivity index (χ0) is 13.7. The van der Waals surface area contributed by atoms with E-state index in [0.717, 1.165) is 19.3 Å². The fourth-order valence-electron chi connectivity index (χ4n) is 3.22. The standard InChI is InChI=1S/C17H27NO/c1-14-7-9-15(10-8-14)13-16(18)17(19-2)11-5-3-4-6-12-17/h7-10,16H,3-6,11-13,18H2,1-2H3. The van der Waals surface area contributed by atoms with Crippen LogP contribution in [-0.2, 0) is 11.2 Å². The van der Waals surface area contributed by atoms with Crippen molar-refractivity contribution in [3.8, 4) is 0 Å². The van der Waals surface area contributed by atoms with Crippen molar-refractivity contribution in [3.63, 3.8) is 0 Å². The molecule has 0 heterocycles. The predicted molar refractivity (Wildman–Crippen MR) is 80.3 cm³/mol. The van der Waals surface area contributed by atoms with Gasteiger partial charge >= 0.3 is 0 Å². The molecule has 2 heteroatoms. The third-order valence-electron chi connectivity index (χ3n) is 4.61. The van der Waals surface area contributed by atoms with Gasteiger partial charge in [0.15, 0.2) is 0 Å². The number of benzene rings is 1. The second-order valence-corrected chi connectivity index (χ2v) is 5.98. The van der Waals surface area contributed by atoms with Gasteiger partial charge in [-0.3, -0.25) is 0 Å².